The normalized spacial score (nSPS) is 24.7. The monoisotopic (exact) mass is 355 g/mol. The number of amides is 1. The average Bonchev–Trinajstić information content (AvgIpc) is 3.29. The molecule has 3 unspecified atom stereocenters. The van der Waals surface area contributed by atoms with Gasteiger partial charge in [0.1, 0.15) is 12.6 Å². The molecular formula is C18H21N5O3. The molecule has 1 amide bonds. The van der Waals surface area contributed by atoms with Crippen LogP contribution in [0.5, 0.6) is 0 Å². The van der Waals surface area contributed by atoms with E-state index >= 15 is 0 Å². The summed E-state index contributed by atoms with van der Waals surface area (Å²) < 4.78 is 0. The van der Waals surface area contributed by atoms with E-state index in [1.54, 1.807) is 0 Å². The van der Waals surface area contributed by atoms with Crippen LogP contribution in [0.3, 0.4) is 0 Å². The van der Waals surface area contributed by atoms with Gasteiger partial charge >= 0.3 is 5.97 Å². The molecule has 26 heavy (non-hydrogen) atoms. The molecule has 1 N–H and O–H groups in total. The highest BCUT2D eigenvalue weighted by atomic mass is 16.4. The zero-order valence-corrected chi connectivity index (χ0v) is 14.6. The number of carboxylic acid groups (broad SMARTS) is 1. The summed E-state index contributed by atoms with van der Waals surface area (Å²) in [4.78, 5) is 27.1. The molecule has 3 atom stereocenters. The number of fused-ring (bicyclic) bond motifs is 1. The molecule has 2 aliphatic rings. The second-order valence-electron chi connectivity index (χ2n) is 7.19. The highest BCUT2D eigenvalue weighted by molar-refractivity contribution is 5.84. The molecule has 8 heteroatoms. The number of nitrogens with zero attached hydrogens (tertiary/aromatic N) is 5. The standard InChI is InChI=1S/C18H21N5O3/c1-11-5-7-12(8-6-11)17-19-21-23(20-17)10-15(24)22-9-13-3-2-4-14(13)16(22)18(25)26/h5-8,13-14,16H,2-4,9-10H2,1H3,(H,25,26). The van der Waals surface area contributed by atoms with E-state index < -0.39 is 12.0 Å². The Morgan fingerprint density at radius 3 is 2.73 bits per heavy atom. The number of tetrazole rings is 1. The van der Waals surface area contributed by atoms with Crippen LogP contribution in [0.25, 0.3) is 11.4 Å². The first-order valence-electron chi connectivity index (χ1n) is 8.90. The van der Waals surface area contributed by atoms with Gasteiger partial charge in [0, 0.05) is 12.1 Å². The zero-order chi connectivity index (χ0) is 18.3. The number of carboxylic acids is 1. The van der Waals surface area contributed by atoms with Gasteiger partial charge in [0.25, 0.3) is 0 Å². The van der Waals surface area contributed by atoms with E-state index in [-0.39, 0.29) is 18.4 Å². The van der Waals surface area contributed by atoms with Gasteiger partial charge in [0.05, 0.1) is 0 Å². The number of likely N-dealkylation sites (tertiary alicyclic amines) is 1. The molecule has 1 aliphatic carbocycles. The van der Waals surface area contributed by atoms with E-state index in [1.165, 1.54) is 9.70 Å². The van der Waals surface area contributed by atoms with Crippen LogP contribution in [-0.2, 0) is 16.1 Å². The van der Waals surface area contributed by atoms with Crippen molar-refractivity contribution in [3.63, 3.8) is 0 Å². The molecule has 2 fully saturated rings. The maximum atomic E-state index is 12.7. The summed E-state index contributed by atoms with van der Waals surface area (Å²) >= 11 is 0. The van der Waals surface area contributed by atoms with E-state index in [2.05, 4.69) is 15.4 Å². The lowest BCUT2D eigenvalue weighted by atomic mass is 9.94. The third kappa shape index (κ3) is 2.95. The lowest BCUT2D eigenvalue weighted by Gasteiger charge is -2.24. The van der Waals surface area contributed by atoms with E-state index in [1.807, 2.05) is 31.2 Å². The van der Waals surface area contributed by atoms with Gasteiger partial charge in [-0.1, -0.05) is 36.2 Å². The molecule has 0 radical (unpaired) electrons. The van der Waals surface area contributed by atoms with E-state index in [4.69, 9.17) is 0 Å². The van der Waals surface area contributed by atoms with Crippen LogP contribution in [-0.4, -0.2) is 54.7 Å². The number of rotatable bonds is 4. The maximum absolute atomic E-state index is 12.7. The number of hydrogen-bond donors (Lipinski definition) is 1. The third-order valence-electron chi connectivity index (χ3n) is 5.50. The first kappa shape index (κ1) is 16.7. The number of aliphatic carboxylic acids is 1. The summed E-state index contributed by atoms with van der Waals surface area (Å²) in [5.41, 5.74) is 1.96. The van der Waals surface area contributed by atoms with Gasteiger partial charge in [-0.2, -0.15) is 4.80 Å². The van der Waals surface area contributed by atoms with Crippen molar-refractivity contribution in [2.24, 2.45) is 11.8 Å². The molecule has 0 spiro atoms. The first-order chi connectivity index (χ1) is 12.5. The molecule has 0 bridgehead atoms. The van der Waals surface area contributed by atoms with Crippen LogP contribution in [0.1, 0.15) is 24.8 Å². The topological polar surface area (TPSA) is 101 Å². The van der Waals surface area contributed by atoms with Gasteiger partial charge in [-0.15, -0.1) is 10.2 Å². The van der Waals surface area contributed by atoms with E-state index in [0.29, 0.717) is 18.3 Å². The van der Waals surface area contributed by atoms with Crippen LogP contribution in [0.4, 0.5) is 0 Å². The van der Waals surface area contributed by atoms with Crippen LogP contribution < -0.4 is 0 Å². The predicted octanol–water partition coefficient (Wildman–Crippen LogP) is 1.36. The van der Waals surface area contributed by atoms with Gasteiger partial charge in [-0.05, 0) is 36.8 Å². The average molecular weight is 355 g/mol. The fourth-order valence-electron chi connectivity index (χ4n) is 4.22. The van der Waals surface area contributed by atoms with Gasteiger partial charge in [0.15, 0.2) is 0 Å². The second-order valence-corrected chi connectivity index (χ2v) is 7.19. The van der Waals surface area contributed by atoms with Crippen molar-refractivity contribution in [2.75, 3.05) is 6.54 Å². The first-order valence-corrected chi connectivity index (χ1v) is 8.90. The van der Waals surface area contributed by atoms with Gasteiger partial charge in [-0.3, -0.25) is 4.79 Å². The summed E-state index contributed by atoms with van der Waals surface area (Å²) in [6.45, 7) is 2.42. The number of carbonyl (C=O) groups is 2. The predicted molar refractivity (Wildman–Crippen MR) is 92.0 cm³/mol. The molecule has 4 rings (SSSR count). The SMILES string of the molecule is Cc1ccc(-c2nnn(CC(=O)N3CC4CCCC4C3C(=O)O)n2)cc1. The number of benzene rings is 1. The molecular weight excluding hydrogens is 334 g/mol. The number of carbonyl (C=O) groups excluding carboxylic acids is 1. The summed E-state index contributed by atoms with van der Waals surface area (Å²) in [6, 6.07) is 7.00. The Morgan fingerprint density at radius 2 is 2.00 bits per heavy atom. The van der Waals surface area contributed by atoms with Crippen molar-refractivity contribution in [3.05, 3.63) is 29.8 Å². The summed E-state index contributed by atoms with van der Waals surface area (Å²) in [5.74, 6) is -0.361. The summed E-state index contributed by atoms with van der Waals surface area (Å²) in [7, 11) is 0. The number of aryl methyl sites for hydroxylation is 1. The Kier molecular flexibility index (Phi) is 4.18. The Bertz CT molecular complexity index is 832. The van der Waals surface area contributed by atoms with Gasteiger partial charge in [0.2, 0.25) is 11.7 Å². The molecule has 2 aromatic rings. The highest BCUT2D eigenvalue weighted by Gasteiger charge is 2.49. The maximum Gasteiger partial charge on any atom is 0.326 e. The number of hydrogen-bond acceptors (Lipinski definition) is 5. The van der Waals surface area contributed by atoms with Crippen molar-refractivity contribution in [2.45, 2.75) is 38.8 Å². The minimum atomic E-state index is -0.917. The Morgan fingerprint density at radius 1 is 1.23 bits per heavy atom. The van der Waals surface area contributed by atoms with Gasteiger partial charge < -0.3 is 10.0 Å². The number of aromatic nitrogens is 4. The minimum Gasteiger partial charge on any atom is -0.480 e. The fourth-order valence-corrected chi connectivity index (χ4v) is 4.22. The molecule has 8 nitrogen and oxygen atoms in total. The van der Waals surface area contributed by atoms with Crippen LogP contribution in [0.2, 0.25) is 0 Å². The molecule has 1 saturated heterocycles. The quantitative estimate of drug-likeness (QED) is 0.889. The van der Waals surface area contributed by atoms with Gasteiger partial charge in [-0.25, -0.2) is 4.79 Å². The summed E-state index contributed by atoms with van der Waals surface area (Å²) in [6.07, 6.45) is 2.92. The highest BCUT2D eigenvalue weighted by Crippen LogP contribution is 2.42. The van der Waals surface area contributed by atoms with E-state index in [9.17, 15) is 14.7 Å². The molecule has 1 aliphatic heterocycles. The lowest BCUT2D eigenvalue weighted by Crippen LogP contribution is -2.44. The third-order valence-corrected chi connectivity index (χ3v) is 5.50. The smallest absolute Gasteiger partial charge is 0.326 e. The van der Waals surface area contributed by atoms with Crippen LogP contribution >= 0.6 is 0 Å². The lowest BCUT2D eigenvalue weighted by molar-refractivity contribution is -0.150. The zero-order valence-electron chi connectivity index (χ0n) is 14.6. The molecule has 1 aromatic carbocycles. The molecule has 2 heterocycles. The Hall–Kier alpha value is -2.77. The summed E-state index contributed by atoms with van der Waals surface area (Å²) in [5, 5.41) is 21.8. The molecule has 1 saturated carbocycles. The molecule has 136 valence electrons. The van der Waals surface area contributed by atoms with E-state index in [0.717, 1.165) is 30.4 Å². The van der Waals surface area contributed by atoms with Crippen molar-refractivity contribution in [1.29, 1.82) is 0 Å². The largest absolute Gasteiger partial charge is 0.480 e. The Balaban J connectivity index is 1.48. The molecule has 1 aromatic heterocycles. The fraction of sp³-hybridized carbons (Fsp3) is 0.500. The van der Waals surface area contributed by atoms with Crippen molar-refractivity contribution in [3.8, 4) is 11.4 Å². The second kappa shape index (κ2) is 6.51. The van der Waals surface area contributed by atoms with Crippen LogP contribution in [0.15, 0.2) is 24.3 Å². The van der Waals surface area contributed by atoms with Crippen molar-refractivity contribution < 1.29 is 14.7 Å². The minimum absolute atomic E-state index is 0.0725. The van der Waals surface area contributed by atoms with Crippen molar-refractivity contribution in [1.82, 2.24) is 25.1 Å². The Labute approximate surface area is 150 Å². The van der Waals surface area contributed by atoms with Crippen LogP contribution in [0, 0.1) is 18.8 Å². The van der Waals surface area contributed by atoms with Crippen molar-refractivity contribution >= 4 is 11.9 Å².